The van der Waals surface area contributed by atoms with E-state index >= 15 is 0 Å². The van der Waals surface area contributed by atoms with Crippen molar-refractivity contribution in [1.29, 1.82) is 0 Å². The molecule has 88 valence electrons. The van der Waals surface area contributed by atoms with Crippen LogP contribution in [0.15, 0.2) is 24.3 Å². The summed E-state index contributed by atoms with van der Waals surface area (Å²) in [7, 11) is 1.44. The van der Waals surface area contributed by atoms with Gasteiger partial charge in [-0.2, -0.15) is 0 Å². The van der Waals surface area contributed by atoms with Crippen LogP contribution in [-0.2, 0) is 4.74 Å². The van der Waals surface area contributed by atoms with Gasteiger partial charge < -0.3 is 15.6 Å². The minimum Gasteiger partial charge on any atom is -0.478 e. The number of benzene rings is 1. The van der Waals surface area contributed by atoms with E-state index in [1.54, 1.807) is 12.1 Å². The first kappa shape index (κ1) is 12.6. The van der Waals surface area contributed by atoms with Crippen LogP contribution in [-0.4, -0.2) is 30.9 Å². The maximum absolute atomic E-state index is 12.4. The average Bonchev–Trinajstić information content (AvgIpc) is 2.30. The van der Waals surface area contributed by atoms with Crippen molar-refractivity contribution in [1.82, 2.24) is 0 Å². The van der Waals surface area contributed by atoms with Crippen LogP contribution in [0.5, 0.6) is 0 Å². The SMILES string of the molecule is CO[C@H](c1ccc(C(=O)O)cc1)[C@H](N)CF. The topological polar surface area (TPSA) is 72.5 Å². The number of halogens is 1. The molecule has 4 nitrogen and oxygen atoms in total. The predicted molar refractivity (Wildman–Crippen MR) is 57.1 cm³/mol. The Balaban J connectivity index is 2.90. The zero-order valence-corrected chi connectivity index (χ0v) is 8.89. The molecule has 0 aliphatic carbocycles. The van der Waals surface area contributed by atoms with Crippen LogP contribution in [0, 0.1) is 0 Å². The number of nitrogens with two attached hydrogens (primary N) is 1. The second kappa shape index (κ2) is 5.58. The third-order valence-electron chi connectivity index (χ3n) is 2.31. The molecule has 0 spiro atoms. The fourth-order valence-electron chi connectivity index (χ4n) is 1.45. The summed E-state index contributed by atoms with van der Waals surface area (Å²) in [6.45, 7) is -0.695. The number of alkyl halides is 1. The summed E-state index contributed by atoms with van der Waals surface area (Å²) in [5.41, 5.74) is 6.38. The average molecular weight is 227 g/mol. The molecule has 2 atom stereocenters. The Kier molecular flexibility index (Phi) is 4.39. The van der Waals surface area contributed by atoms with Gasteiger partial charge >= 0.3 is 5.97 Å². The van der Waals surface area contributed by atoms with Crippen LogP contribution >= 0.6 is 0 Å². The molecule has 16 heavy (non-hydrogen) atoms. The van der Waals surface area contributed by atoms with Crippen molar-refractivity contribution in [3.8, 4) is 0 Å². The predicted octanol–water partition coefficient (Wildman–Crippen LogP) is 1.37. The lowest BCUT2D eigenvalue weighted by Gasteiger charge is -2.20. The van der Waals surface area contributed by atoms with Crippen LogP contribution < -0.4 is 5.73 Å². The number of methoxy groups -OCH3 is 1. The highest BCUT2D eigenvalue weighted by Gasteiger charge is 2.19. The van der Waals surface area contributed by atoms with E-state index < -0.39 is 24.8 Å². The van der Waals surface area contributed by atoms with Crippen molar-refractivity contribution in [2.24, 2.45) is 5.73 Å². The number of ether oxygens (including phenoxy) is 1. The number of carboxylic acid groups (broad SMARTS) is 1. The lowest BCUT2D eigenvalue weighted by Crippen LogP contribution is -2.31. The van der Waals surface area contributed by atoms with Gasteiger partial charge in [0.2, 0.25) is 0 Å². The van der Waals surface area contributed by atoms with Crippen molar-refractivity contribution in [3.05, 3.63) is 35.4 Å². The van der Waals surface area contributed by atoms with Crippen LogP contribution in [0.3, 0.4) is 0 Å². The number of hydrogen-bond donors (Lipinski definition) is 2. The molecule has 1 aromatic carbocycles. The van der Waals surface area contributed by atoms with E-state index in [-0.39, 0.29) is 5.56 Å². The van der Waals surface area contributed by atoms with E-state index in [0.29, 0.717) is 5.56 Å². The highest BCUT2D eigenvalue weighted by Crippen LogP contribution is 2.20. The summed E-state index contributed by atoms with van der Waals surface area (Å²) in [6.07, 6.45) is -0.562. The highest BCUT2D eigenvalue weighted by molar-refractivity contribution is 5.87. The largest absolute Gasteiger partial charge is 0.478 e. The van der Waals surface area contributed by atoms with E-state index in [9.17, 15) is 9.18 Å². The van der Waals surface area contributed by atoms with Crippen molar-refractivity contribution in [3.63, 3.8) is 0 Å². The van der Waals surface area contributed by atoms with Gasteiger partial charge in [-0.15, -0.1) is 0 Å². The number of hydrogen-bond acceptors (Lipinski definition) is 3. The molecule has 3 N–H and O–H groups in total. The second-order valence-corrected chi connectivity index (χ2v) is 3.40. The van der Waals surface area contributed by atoms with Gasteiger partial charge in [-0.3, -0.25) is 0 Å². The number of rotatable bonds is 5. The van der Waals surface area contributed by atoms with E-state index in [2.05, 4.69) is 0 Å². The van der Waals surface area contributed by atoms with Gasteiger partial charge in [-0.25, -0.2) is 9.18 Å². The number of carbonyl (C=O) groups is 1. The number of carboxylic acids is 1. The zero-order chi connectivity index (χ0) is 12.1. The summed E-state index contributed by atoms with van der Waals surface area (Å²) >= 11 is 0. The molecule has 1 rings (SSSR count). The van der Waals surface area contributed by atoms with Crippen molar-refractivity contribution in [2.45, 2.75) is 12.1 Å². The van der Waals surface area contributed by atoms with E-state index in [1.165, 1.54) is 19.2 Å². The van der Waals surface area contributed by atoms with E-state index in [1.807, 2.05) is 0 Å². The fourth-order valence-corrected chi connectivity index (χ4v) is 1.45. The summed E-state index contributed by atoms with van der Waals surface area (Å²) in [4.78, 5) is 10.6. The van der Waals surface area contributed by atoms with Gasteiger partial charge in [0.1, 0.15) is 6.67 Å². The van der Waals surface area contributed by atoms with Gasteiger partial charge in [-0.05, 0) is 17.7 Å². The number of aromatic carboxylic acids is 1. The Morgan fingerprint density at radius 3 is 2.44 bits per heavy atom. The molecule has 5 heteroatoms. The molecule has 0 amide bonds. The molecule has 0 aromatic heterocycles. The molecule has 0 fully saturated rings. The molecule has 0 saturated heterocycles. The Labute approximate surface area is 92.8 Å². The lowest BCUT2D eigenvalue weighted by atomic mass is 10.0. The van der Waals surface area contributed by atoms with Crippen molar-refractivity contribution < 1.29 is 19.0 Å². The summed E-state index contributed by atoms with van der Waals surface area (Å²) in [5, 5.41) is 8.71. The minimum atomic E-state index is -1.00. The zero-order valence-electron chi connectivity index (χ0n) is 8.89. The Morgan fingerprint density at radius 1 is 1.50 bits per heavy atom. The Morgan fingerprint density at radius 2 is 2.06 bits per heavy atom. The summed E-state index contributed by atoms with van der Waals surface area (Å²) in [6, 6.07) is 5.28. The smallest absolute Gasteiger partial charge is 0.335 e. The third kappa shape index (κ3) is 2.77. The monoisotopic (exact) mass is 227 g/mol. The maximum Gasteiger partial charge on any atom is 0.335 e. The summed E-state index contributed by atoms with van der Waals surface area (Å²) in [5.74, 6) is -1.00. The standard InChI is InChI=1S/C11H14FNO3/c1-16-10(9(13)6-12)7-2-4-8(5-3-7)11(14)15/h2-5,9-10H,6,13H2,1H3,(H,14,15)/t9-,10-/m1/s1. The van der Waals surface area contributed by atoms with Gasteiger partial charge in [-0.1, -0.05) is 12.1 Å². The second-order valence-electron chi connectivity index (χ2n) is 3.40. The first-order valence-electron chi connectivity index (χ1n) is 4.77. The third-order valence-corrected chi connectivity index (χ3v) is 2.31. The van der Waals surface area contributed by atoms with Crippen LogP contribution in [0.25, 0.3) is 0 Å². The molecule has 0 radical (unpaired) electrons. The van der Waals surface area contributed by atoms with Gasteiger partial charge in [0.15, 0.2) is 0 Å². The quantitative estimate of drug-likeness (QED) is 0.796. The van der Waals surface area contributed by atoms with E-state index in [0.717, 1.165) is 0 Å². The summed E-state index contributed by atoms with van der Waals surface area (Å²) < 4.78 is 17.5. The first-order chi connectivity index (χ1) is 7.60. The fraction of sp³-hybridized carbons (Fsp3) is 0.364. The first-order valence-corrected chi connectivity index (χ1v) is 4.77. The van der Waals surface area contributed by atoms with Crippen molar-refractivity contribution in [2.75, 3.05) is 13.8 Å². The van der Waals surface area contributed by atoms with Crippen LogP contribution in [0.1, 0.15) is 22.0 Å². The molecule has 0 aliphatic heterocycles. The molecule has 0 saturated carbocycles. The van der Waals surface area contributed by atoms with Gasteiger partial charge in [0.25, 0.3) is 0 Å². The van der Waals surface area contributed by atoms with Gasteiger partial charge in [0.05, 0.1) is 17.7 Å². The van der Waals surface area contributed by atoms with Crippen LogP contribution in [0.4, 0.5) is 4.39 Å². The Hall–Kier alpha value is -1.46. The minimum absolute atomic E-state index is 0.174. The molecular weight excluding hydrogens is 213 g/mol. The Bertz CT molecular complexity index is 353. The maximum atomic E-state index is 12.4. The van der Waals surface area contributed by atoms with Crippen LogP contribution in [0.2, 0.25) is 0 Å². The highest BCUT2D eigenvalue weighted by atomic mass is 19.1. The van der Waals surface area contributed by atoms with Gasteiger partial charge in [0, 0.05) is 7.11 Å². The van der Waals surface area contributed by atoms with E-state index in [4.69, 9.17) is 15.6 Å². The molecule has 0 unspecified atom stereocenters. The normalized spacial score (nSPS) is 14.4. The molecular formula is C11H14FNO3. The molecule has 0 heterocycles. The molecule has 0 aliphatic rings. The van der Waals surface area contributed by atoms with Crippen molar-refractivity contribution >= 4 is 5.97 Å². The molecule has 0 bridgehead atoms. The molecule has 1 aromatic rings. The lowest BCUT2D eigenvalue weighted by molar-refractivity contribution is 0.0691.